The van der Waals surface area contributed by atoms with Crippen LogP contribution in [0.15, 0.2) is 141 Å². The van der Waals surface area contributed by atoms with Gasteiger partial charge in [0.25, 0.3) is 5.91 Å². The molecule has 0 atom stereocenters. The van der Waals surface area contributed by atoms with Gasteiger partial charge in [0.1, 0.15) is 17.3 Å². The minimum atomic E-state index is -0.527. The van der Waals surface area contributed by atoms with Crippen LogP contribution >= 0.6 is 11.8 Å². The highest BCUT2D eigenvalue weighted by Gasteiger charge is 2.18. The van der Waals surface area contributed by atoms with E-state index in [0.29, 0.717) is 22.4 Å². The summed E-state index contributed by atoms with van der Waals surface area (Å²) in [6.45, 7) is 0. The van der Waals surface area contributed by atoms with Crippen LogP contribution in [0.25, 0.3) is 27.2 Å². The number of fused-ring (bicyclic) bond motifs is 2. The number of carbonyl (C=O) groups is 1. The Labute approximate surface area is 256 Å². The lowest BCUT2D eigenvalue weighted by Crippen LogP contribution is -2.17. The third kappa shape index (κ3) is 5.56. The van der Waals surface area contributed by atoms with Gasteiger partial charge in [-0.15, -0.1) is 10.2 Å². The van der Waals surface area contributed by atoms with Crippen LogP contribution in [-0.4, -0.2) is 32.0 Å². The Hall–Kier alpha value is -5.67. The van der Waals surface area contributed by atoms with Crippen molar-refractivity contribution in [2.75, 3.05) is 0 Å². The normalized spacial score (nSPS) is 11.5. The number of aromatic nitrogens is 3. The molecule has 2 heterocycles. The molecule has 0 spiro atoms. The van der Waals surface area contributed by atoms with Crippen LogP contribution in [0, 0.1) is 0 Å². The molecule has 0 fully saturated rings. The molecule has 0 saturated carbocycles. The van der Waals surface area contributed by atoms with Crippen molar-refractivity contribution in [2.45, 2.75) is 16.7 Å². The second-order valence-corrected chi connectivity index (χ2v) is 11.0. The minimum absolute atomic E-state index is 0.115. The van der Waals surface area contributed by atoms with Crippen molar-refractivity contribution in [3.05, 3.63) is 144 Å². The molecule has 0 aliphatic rings. The van der Waals surface area contributed by atoms with E-state index in [-0.39, 0.29) is 11.3 Å². The Morgan fingerprint density at radius 1 is 0.841 bits per heavy atom. The van der Waals surface area contributed by atoms with Crippen LogP contribution in [0.3, 0.4) is 0 Å². The van der Waals surface area contributed by atoms with Crippen molar-refractivity contribution in [3.63, 3.8) is 0 Å². The Balaban J connectivity index is 1.10. The van der Waals surface area contributed by atoms with Crippen molar-refractivity contribution >= 4 is 45.4 Å². The van der Waals surface area contributed by atoms with E-state index in [4.69, 9.17) is 4.42 Å². The van der Waals surface area contributed by atoms with E-state index >= 15 is 0 Å². The maximum atomic E-state index is 12.7. The second kappa shape index (κ2) is 11.9. The molecule has 9 heteroatoms. The fraction of sp³-hybridized carbons (Fsp3) is 0.0286. The van der Waals surface area contributed by atoms with Crippen molar-refractivity contribution in [1.82, 2.24) is 20.2 Å². The Morgan fingerprint density at radius 2 is 1.57 bits per heavy atom. The van der Waals surface area contributed by atoms with E-state index in [2.05, 4.69) is 51.1 Å². The molecule has 7 aromatic rings. The third-order valence-electron chi connectivity index (χ3n) is 7.20. The standard InChI is InChI=1S/C35H25N5O3S/c41-31-20-25-11-5-4-10-24(25)19-30(31)34(42)38-36-22-28-17-18-33(43-28)44-35-39-37-32(40(35)27-14-2-1-3-15-27)21-26-13-8-12-23-9-6-7-16-29(23)26/h1-20,22,41H,21H2,(H,38,42)/b36-22-. The number of benzene rings is 5. The number of amides is 1. The highest BCUT2D eigenvalue weighted by Crippen LogP contribution is 2.32. The van der Waals surface area contributed by atoms with Crippen LogP contribution in [0.5, 0.6) is 5.75 Å². The molecule has 2 aromatic heterocycles. The molecule has 0 aliphatic heterocycles. The van der Waals surface area contributed by atoms with Crippen molar-refractivity contribution in [3.8, 4) is 11.4 Å². The first kappa shape index (κ1) is 27.2. The second-order valence-electron chi connectivity index (χ2n) is 10.1. The summed E-state index contributed by atoms with van der Waals surface area (Å²) in [7, 11) is 0. The van der Waals surface area contributed by atoms with E-state index in [1.165, 1.54) is 34.3 Å². The van der Waals surface area contributed by atoms with Gasteiger partial charge in [0.15, 0.2) is 5.09 Å². The van der Waals surface area contributed by atoms with Gasteiger partial charge in [0.2, 0.25) is 5.16 Å². The van der Waals surface area contributed by atoms with Gasteiger partial charge < -0.3 is 9.52 Å². The highest BCUT2D eigenvalue weighted by atomic mass is 32.2. The molecule has 1 amide bonds. The maximum Gasteiger partial charge on any atom is 0.275 e. The zero-order valence-electron chi connectivity index (χ0n) is 23.3. The number of hydrogen-bond donors (Lipinski definition) is 2. The molecule has 5 aromatic carbocycles. The largest absolute Gasteiger partial charge is 0.507 e. The lowest BCUT2D eigenvalue weighted by molar-refractivity contribution is 0.0952. The van der Waals surface area contributed by atoms with Crippen LogP contribution in [-0.2, 0) is 6.42 Å². The van der Waals surface area contributed by atoms with Gasteiger partial charge in [0.05, 0.1) is 11.8 Å². The topological polar surface area (TPSA) is 106 Å². The zero-order valence-corrected chi connectivity index (χ0v) is 24.1. The van der Waals surface area contributed by atoms with Gasteiger partial charge in [-0.2, -0.15) is 5.10 Å². The lowest BCUT2D eigenvalue weighted by Gasteiger charge is -2.11. The number of para-hydroxylation sites is 1. The van der Waals surface area contributed by atoms with E-state index in [9.17, 15) is 9.90 Å². The third-order valence-corrected chi connectivity index (χ3v) is 8.07. The van der Waals surface area contributed by atoms with Crippen molar-refractivity contribution in [2.24, 2.45) is 5.10 Å². The number of carbonyl (C=O) groups excluding carboxylic acids is 1. The molecule has 44 heavy (non-hydrogen) atoms. The van der Waals surface area contributed by atoms with E-state index in [1.54, 1.807) is 18.2 Å². The highest BCUT2D eigenvalue weighted by molar-refractivity contribution is 7.99. The van der Waals surface area contributed by atoms with Crippen LogP contribution in [0.4, 0.5) is 0 Å². The fourth-order valence-corrected chi connectivity index (χ4v) is 5.95. The van der Waals surface area contributed by atoms with Crippen molar-refractivity contribution < 1.29 is 14.3 Å². The van der Waals surface area contributed by atoms with Gasteiger partial charge >= 0.3 is 0 Å². The molecule has 0 unspecified atom stereocenters. The average Bonchev–Trinajstić information content (AvgIpc) is 3.67. The molecule has 7 rings (SSSR count). The van der Waals surface area contributed by atoms with E-state index in [0.717, 1.165) is 22.3 Å². The molecule has 0 bridgehead atoms. The molecule has 214 valence electrons. The lowest BCUT2D eigenvalue weighted by atomic mass is 10.0. The first-order valence-electron chi connectivity index (χ1n) is 13.9. The maximum absolute atomic E-state index is 12.7. The molecular formula is C35H25N5O3S. The van der Waals surface area contributed by atoms with Gasteiger partial charge in [-0.05, 0) is 75.3 Å². The van der Waals surface area contributed by atoms with E-state index in [1.807, 2.05) is 77.4 Å². The molecule has 0 aliphatic carbocycles. The van der Waals surface area contributed by atoms with Crippen molar-refractivity contribution in [1.29, 1.82) is 0 Å². The Morgan fingerprint density at radius 3 is 2.41 bits per heavy atom. The summed E-state index contributed by atoms with van der Waals surface area (Å²) in [5, 5.41) is 28.8. The summed E-state index contributed by atoms with van der Waals surface area (Å²) in [5.74, 6) is 0.608. The fourth-order valence-electron chi connectivity index (χ4n) is 5.11. The monoisotopic (exact) mass is 595 g/mol. The number of nitrogens with zero attached hydrogens (tertiary/aromatic N) is 4. The number of furan rings is 1. The predicted octanol–water partition coefficient (Wildman–Crippen LogP) is 7.38. The molecular weight excluding hydrogens is 570 g/mol. The Kier molecular flexibility index (Phi) is 7.35. The smallest absolute Gasteiger partial charge is 0.275 e. The predicted molar refractivity (Wildman–Crippen MR) is 172 cm³/mol. The molecule has 0 radical (unpaired) electrons. The number of phenolic OH excluding ortho intramolecular Hbond substituents is 1. The number of aromatic hydroxyl groups is 1. The van der Waals surface area contributed by atoms with E-state index < -0.39 is 5.91 Å². The number of nitrogens with one attached hydrogen (secondary N) is 1. The summed E-state index contributed by atoms with van der Waals surface area (Å²) < 4.78 is 8.01. The number of hydrogen-bond acceptors (Lipinski definition) is 7. The average molecular weight is 596 g/mol. The van der Waals surface area contributed by atoms with Gasteiger partial charge in [-0.25, -0.2) is 5.43 Å². The van der Waals surface area contributed by atoms with Crippen LogP contribution in [0.2, 0.25) is 0 Å². The van der Waals surface area contributed by atoms with Gasteiger partial charge in [0, 0.05) is 12.1 Å². The number of phenols is 1. The number of hydrazone groups is 1. The van der Waals surface area contributed by atoms with Gasteiger partial charge in [-0.1, -0.05) is 84.9 Å². The zero-order chi connectivity index (χ0) is 29.9. The Bertz CT molecular complexity index is 2150. The summed E-state index contributed by atoms with van der Waals surface area (Å²) in [4.78, 5) is 12.7. The minimum Gasteiger partial charge on any atom is -0.507 e. The molecule has 0 saturated heterocycles. The first-order valence-corrected chi connectivity index (χ1v) is 14.7. The molecule has 8 nitrogen and oxygen atoms in total. The SMILES string of the molecule is O=C(N/N=C\c1ccc(Sc2nnc(Cc3cccc4ccccc34)n2-c2ccccc2)o1)c1cc2ccccc2cc1O. The summed E-state index contributed by atoms with van der Waals surface area (Å²) >= 11 is 1.35. The summed E-state index contributed by atoms with van der Waals surface area (Å²) in [6, 6.07) is 38.9. The van der Waals surface area contributed by atoms with Crippen LogP contribution < -0.4 is 5.43 Å². The van der Waals surface area contributed by atoms with Crippen LogP contribution in [0.1, 0.15) is 27.5 Å². The quantitative estimate of drug-likeness (QED) is 0.140. The van der Waals surface area contributed by atoms with Gasteiger partial charge in [-0.3, -0.25) is 9.36 Å². The summed E-state index contributed by atoms with van der Waals surface area (Å²) in [5.41, 5.74) is 4.71. The molecule has 2 N–H and O–H groups in total. The first-order chi connectivity index (χ1) is 21.6. The summed E-state index contributed by atoms with van der Waals surface area (Å²) in [6.07, 6.45) is 2.01. The number of rotatable bonds is 8.